The van der Waals surface area contributed by atoms with Crippen LogP contribution < -0.4 is 10.6 Å². The summed E-state index contributed by atoms with van der Waals surface area (Å²) in [6, 6.07) is 17.8. The molecule has 0 atom stereocenters. The minimum absolute atomic E-state index is 0.289. The molecule has 0 spiro atoms. The zero-order chi connectivity index (χ0) is 19.9. The summed E-state index contributed by atoms with van der Waals surface area (Å²) >= 11 is 0. The summed E-state index contributed by atoms with van der Waals surface area (Å²) in [5.74, 6) is 0.922. The molecule has 1 fully saturated rings. The fraction of sp³-hybridized carbons (Fsp3) is 0.304. The number of benzene rings is 2. The third kappa shape index (κ3) is 5.53. The van der Waals surface area contributed by atoms with E-state index in [1.54, 1.807) is 18.3 Å². The molecule has 1 aliphatic rings. The van der Waals surface area contributed by atoms with Crippen molar-refractivity contribution in [3.8, 4) is 17.0 Å². The zero-order valence-electron chi connectivity index (χ0n) is 16.5. The van der Waals surface area contributed by atoms with Crippen LogP contribution in [0.5, 0.6) is 5.75 Å². The second kappa shape index (κ2) is 9.49. The molecule has 150 valence electrons. The summed E-state index contributed by atoms with van der Waals surface area (Å²) in [4.78, 5) is 11.5. The third-order valence-corrected chi connectivity index (χ3v) is 5.13. The number of nitrogens with one attached hydrogen (secondary N) is 2. The van der Waals surface area contributed by atoms with E-state index in [1.807, 2.05) is 18.2 Å². The lowest BCUT2D eigenvalue weighted by Gasteiger charge is -2.27. The van der Waals surface area contributed by atoms with Crippen LogP contribution in [0.1, 0.15) is 11.1 Å². The Morgan fingerprint density at radius 2 is 1.83 bits per heavy atom. The Morgan fingerprint density at radius 1 is 1.00 bits per heavy atom. The number of aromatic hydroxyl groups is 1. The van der Waals surface area contributed by atoms with Crippen molar-refractivity contribution in [3.05, 3.63) is 71.9 Å². The van der Waals surface area contributed by atoms with Crippen LogP contribution in [0.3, 0.4) is 0 Å². The first-order valence-electron chi connectivity index (χ1n) is 10.1. The molecular formula is C23H27N5O. The third-order valence-electron chi connectivity index (χ3n) is 5.13. The Balaban J connectivity index is 1.38. The Kier molecular flexibility index (Phi) is 6.34. The van der Waals surface area contributed by atoms with E-state index in [9.17, 15) is 5.11 Å². The van der Waals surface area contributed by atoms with Crippen LogP contribution in [0.2, 0.25) is 0 Å². The fourth-order valence-corrected chi connectivity index (χ4v) is 3.54. The van der Waals surface area contributed by atoms with Gasteiger partial charge in [-0.15, -0.1) is 0 Å². The molecule has 0 radical (unpaired) electrons. The van der Waals surface area contributed by atoms with Gasteiger partial charge in [0.2, 0.25) is 5.95 Å². The normalized spacial score (nSPS) is 14.6. The van der Waals surface area contributed by atoms with E-state index in [-0.39, 0.29) is 5.75 Å². The van der Waals surface area contributed by atoms with E-state index in [0.717, 1.165) is 62.5 Å². The summed E-state index contributed by atoms with van der Waals surface area (Å²) in [5, 5.41) is 16.1. The smallest absolute Gasteiger partial charge is 0.223 e. The van der Waals surface area contributed by atoms with Gasteiger partial charge in [0.05, 0.1) is 5.69 Å². The lowest BCUT2D eigenvalue weighted by atomic mass is 10.1. The maximum atomic E-state index is 9.37. The largest absolute Gasteiger partial charge is 0.508 e. The van der Waals surface area contributed by atoms with Gasteiger partial charge in [0, 0.05) is 51.0 Å². The van der Waals surface area contributed by atoms with Crippen LogP contribution in [0.4, 0.5) is 5.95 Å². The minimum Gasteiger partial charge on any atom is -0.508 e. The highest BCUT2D eigenvalue weighted by Gasteiger charge is 2.10. The van der Waals surface area contributed by atoms with Crippen molar-refractivity contribution in [3.63, 3.8) is 0 Å². The number of piperazine rings is 1. The second-order valence-corrected chi connectivity index (χ2v) is 7.34. The van der Waals surface area contributed by atoms with Crippen LogP contribution in [0.15, 0.2) is 60.8 Å². The van der Waals surface area contributed by atoms with Crippen molar-refractivity contribution in [2.75, 3.05) is 38.0 Å². The van der Waals surface area contributed by atoms with Crippen LogP contribution in [0, 0.1) is 0 Å². The molecule has 4 rings (SSSR count). The molecule has 2 aromatic carbocycles. The molecule has 29 heavy (non-hydrogen) atoms. The van der Waals surface area contributed by atoms with Crippen molar-refractivity contribution in [1.82, 2.24) is 20.2 Å². The number of phenols is 1. The highest BCUT2D eigenvalue weighted by molar-refractivity contribution is 5.60. The molecule has 3 N–H and O–H groups in total. The first-order valence-corrected chi connectivity index (χ1v) is 10.1. The van der Waals surface area contributed by atoms with Crippen molar-refractivity contribution in [2.24, 2.45) is 0 Å². The number of rotatable bonds is 7. The number of hydrogen-bond donors (Lipinski definition) is 3. The number of hydrogen-bond acceptors (Lipinski definition) is 6. The van der Waals surface area contributed by atoms with E-state index in [1.165, 1.54) is 5.56 Å². The van der Waals surface area contributed by atoms with Gasteiger partial charge in [-0.3, -0.25) is 4.90 Å². The summed E-state index contributed by atoms with van der Waals surface area (Å²) in [7, 11) is 0. The Morgan fingerprint density at radius 3 is 2.66 bits per heavy atom. The van der Waals surface area contributed by atoms with Crippen LogP contribution >= 0.6 is 0 Å². The number of phenolic OH excluding ortho intramolecular Hbond substituents is 1. The summed E-state index contributed by atoms with van der Waals surface area (Å²) < 4.78 is 0. The molecule has 1 aromatic heterocycles. The standard InChI is InChI=1S/C23H27N5O/c29-21-6-4-18(5-7-21)8-10-25-23-26-11-9-22(27-23)20-3-1-2-19(16-20)17-28-14-12-24-13-15-28/h1-7,9,11,16,24,29H,8,10,12-15,17H2,(H,25,26,27). The van der Waals surface area contributed by atoms with Crippen molar-refractivity contribution >= 4 is 5.95 Å². The molecule has 3 aromatic rings. The van der Waals surface area contributed by atoms with Crippen molar-refractivity contribution in [2.45, 2.75) is 13.0 Å². The fourth-order valence-electron chi connectivity index (χ4n) is 3.54. The molecule has 0 amide bonds. The molecular weight excluding hydrogens is 362 g/mol. The number of aromatic nitrogens is 2. The van der Waals surface area contributed by atoms with Gasteiger partial charge in [0.1, 0.15) is 5.75 Å². The van der Waals surface area contributed by atoms with Crippen molar-refractivity contribution in [1.29, 1.82) is 0 Å². The lowest BCUT2D eigenvalue weighted by Crippen LogP contribution is -2.42. The average molecular weight is 390 g/mol. The van der Waals surface area contributed by atoms with Crippen LogP contribution in [0.25, 0.3) is 11.3 Å². The Labute approximate surface area is 171 Å². The number of anilines is 1. The van der Waals surface area contributed by atoms with Gasteiger partial charge >= 0.3 is 0 Å². The monoisotopic (exact) mass is 389 g/mol. The molecule has 1 aliphatic heterocycles. The quantitative estimate of drug-likeness (QED) is 0.577. The maximum Gasteiger partial charge on any atom is 0.223 e. The van der Waals surface area contributed by atoms with Gasteiger partial charge in [-0.25, -0.2) is 9.97 Å². The first-order chi connectivity index (χ1) is 14.3. The van der Waals surface area contributed by atoms with E-state index >= 15 is 0 Å². The molecule has 0 unspecified atom stereocenters. The SMILES string of the molecule is Oc1ccc(CCNc2nccc(-c3cccc(CN4CCNCC4)c3)n2)cc1. The first kappa shape index (κ1) is 19.4. The highest BCUT2D eigenvalue weighted by Crippen LogP contribution is 2.20. The summed E-state index contributed by atoms with van der Waals surface area (Å²) in [6.45, 7) is 6.00. The molecule has 6 nitrogen and oxygen atoms in total. The Bertz CT molecular complexity index is 923. The minimum atomic E-state index is 0.289. The predicted molar refractivity (Wildman–Crippen MR) is 116 cm³/mol. The molecule has 0 saturated carbocycles. The lowest BCUT2D eigenvalue weighted by molar-refractivity contribution is 0.233. The van der Waals surface area contributed by atoms with Gasteiger partial charge < -0.3 is 15.7 Å². The molecule has 1 saturated heterocycles. The van der Waals surface area contributed by atoms with E-state index in [0.29, 0.717) is 5.95 Å². The molecule has 6 heteroatoms. The molecule has 2 heterocycles. The number of nitrogens with zero attached hydrogens (tertiary/aromatic N) is 3. The van der Waals surface area contributed by atoms with Gasteiger partial charge in [-0.05, 0) is 41.8 Å². The maximum absolute atomic E-state index is 9.37. The van der Waals surface area contributed by atoms with Gasteiger partial charge in [0.25, 0.3) is 0 Å². The molecule has 0 bridgehead atoms. The summed E-state index contributed by atoms with van der Waals surface area (Å²) in [5.41, 5.74) is 4.51. The van der Waals surface area contributed by atoms with E-state index in [4.69, 9.17) is 4.98 Å². The van der Waals surface area contributed by atoms with Crippen LogP contribution in [-0.4, -0.2) is 52.7 Å². The zero-order valence-corrected chi connectivity index (χ0v) is 16.5. The average Bonchev–Trinajstić information content (AvgIpc) is 2.76. The Hall–Kier alpha value is -2.96. The van der Waals surface area contributed by atoms with Gasteiger partial charge in [-0.2, -0.15) is 0 Å². The summed E-state index contributed by atoms with van der Waals surface area (Å²) in [6.07, 6.45) is 2.64. The van der Waals surface area contributed by atoms with Crippen molar-refractivity contribution < 1.29 is 5.11 Å². The van der Waals surface area contributed by atoms with Crippen LogP contribution in [-0.2, 0) is 13.0 Å². The highest BCUT2D eigenvalue weighted by atomic mass is 16.3. The predicted octanol–water partition coefficient (Wildman–Crippen LogP) is 2.91. The van der Waals surface area contributed by atoms with E-state index < -0.39 is 0 Å². The second-order valence-electron chi connectivity index (χ2n) is 7.34. The van der Waals surface area contributed by atoms with Gasteiger partial charge in [-0.1, -0.05) is 30.3 Å². The topological polar surface area (TPSA) is 73.3 Å². The van der Waals surface area contributed by atoms with E-state index in [2.05, 4.69) is 44.8 Å². The van der Waals surface area contributed by atoms with Gasteiger partial charge in [0.15, 0.2) is 0 Å². The molecule has 0 aliphatic carbocycles.